The first-order chi connectivity index (χ1) is 6.90. The van der Waals surface area contributed by atoms with Crippen LogP contribution in [-0.4, -0.2) is 20.1 Å². The number of hydrogen-bond acceptors (Lipinski definition) is 3. The summed E-state index contributed by atoms with van der Waals surface area (Å²) in [7, 11) is 0. The molecule has 0 amide bonds. The smallest absolute Gasteiger partial charge is 0.181 e. The minimum Gasteiger partial charge on any atom is -0.225 e. The highest BCUT2D eigenvalue weighted by atomic mass is 32.2. The number of thioether (sulfide) groups is 1. The van der Waals surface area contributed by atoms with Gasteiger partial charge in [0.1, 0.15) is 4.20 Å². The molecule has 2 heterocycles. The first-order valence-corrected chi connectivity index (χ1v) is 6.17. The summed E-state index contributed by atoms with van der Waals surface area (Å²) in [5, 5.41) is 0. The molecule has 0 saturated heterocycles. The van der Waals surface area contributed by atoms with E-state index in [1.807, 2.05) is 35.2 Å². The van der Waals surface area contributed by atoms with Gasteiger partial charge in [-0.2, -0.15) is 0 Å². The predicted molar refractivity (Wildman–Crippen MR) is 62.5 cm³/mol. The van der Waals surface area contributed by atoms with Crippen LogP contribution >= 0.6 is 11.8 Å². The normalized spacial score (nSPS) is 13.9. The van der Waals surface area contributed by atoms with Crippen molar-refractivity contribution in [3.63, 3.8) is 0 Å². The van der Waals surface area contributed by atoms with Gasteiger partial charge in [0.2, 0.25) is 0 Å². The molecule has 3 nitrogen and oxygen atoms in total. The zero-order valence-corrected chi connectivity index (χ0v) is 9.10. The highest BCUT2D eigenvalue weighted by Crippen LogP contribution is 2.21. The first-order valence-electron chi connectivity index (χ1n) is 4.17. The molecule has 2 aromatic rings. The molecule has 0 fully saturated rings. The lowest BCUT2D eigenvalue weighted by molar-refractivity contribution is 0.927. The average Bonchev–Trinajstić information content (AvgIpc) is 2.75. The molecule has 70 valence electrons. The van der Waals surface area contributed by atoms with E-state index in [0.717, 1.165) is 16.9 Å². The molecular formula is C9H7N3S2. The zero-order valence-electron chi connectivity index (χ0n) is 7.47. The third kappa shape index (κ3) is 0.994. The quantitative estimate of drug-likeness (QED) is 0.636. The summed E-state index contributed by atoms with van der Waals surface area (Å²) < 4.78 is 7.43. The lowest BCUT2D eigenvalue weighted by atomic mass is 10.3. The lowest BCUT2D eigenvalue weighted by Gasteiger charge is -1.92. The molecule has 1 aromatic heterocycles. The highest BCUT2D eigenvalue weighted by Gasteiger charge is 2.17. The fourth-order valence-corrected chi connectivity index (χ4v) is 2.72. The Bertz CT molecular complexity index is 579. The Morgan fingerprint density at radius 3 is 3.07 bits per heavy atom. The molecule has 3 rings (SSSR count). The van der Waals surface area contributed by atoms with Gasteiger partial charge in [-0.1, -0.05) is 12.1 Å². The zero-order chi connectivity index (χ0) is 9.54. The van der Waals surface area contributed by atoms with Crippen LogP contribution in [0.2, 0.25) is 0 Å². The van der Waals surface area contributed by atoms with Gasteiger partial charge >= 0.3 is 0 Å². The Hall–Kier alpha value is -1.07. The van der Waals surface area contributed by atoms with Gasteiger partial charge in [-0.05, 0) is 29.5 Å². The standard InChI is InChI=1S/C9H7N3S2/c1-13-9-8-10-6-4-2-3-5-7(6)12(8)11-14-9/h2-5H,1H3. The van der Waals surface area contributed by atoms with Gasteiger partial charge in [-0.3, -0.25) is 0 Å². The van der Waals surface area contributed by atoms with Crippen LogP contribution in [0.1, 0.15) is 5.82 Å². The topological polar surface area (TPSA) is 30.2 Å². The van der Waals surface area contributed by atoms with E-state index >= 15 is 0 Å². The van der Waals surface area contributed by atoms with Gasteiger partial charge in [0, 0.05) is 0 Å². The molecule has 0 spiro atoms. The van der Waals surface area contributed by atoms with Crippen molar-refractivity contribution in [1.29, 1.82) is 0 Å². The second-order valence-electron chi connectivity index (χ2n) is 2.90. The predicted octanol–water partition coefficient (Wildman–Crippen LogP) is 1.92. The van der Waals surface area contributed by atoms with Crippen LogP contribution in [0, 0.1) is 0 Å². The first kappa shape index (κ1) is 8.26. The minimum absolute atomic E-state index is 0.976. The minimum atomic E-state index is 0.976. The monoisotopic (exact) mass is 221 g/mol. The summed E-state index contributed by atoms with van der Waals surface area (Å²) in [5.41, 5.74) is 2.09. The van der Waals surface area contributed by atoms with Crippen molar-refractivity contribution in [2.75, 3.05) is 6.26 Å². The van der Waals surface area contributed by atoms with E-state index in [0.29, 0.717) is 0 Å². The van der Waals surface area contributed by atoms with Crippen molar-refractivity contribution in [3.8, 4) is 0 Å². The van der Waals surface area contributed by atoms with Crippen LogP contribution in [0.3, 0.4) is 0 Å². The lowest BCUT2D eigenvalue weighted by Crippen LogP contribution is -1.97. The van der Waals surface area contributed by atoms with Gasteiger partial charge in [-0.15, -0.1) is 16.2 Å². The van der Waals surface area contributed by atoms with Gasteiger partial charge in [0.05, 0.1) is 11.0 Å². The summed E-state index contributed by atoms with van der Waals surface area (Å²) >= 11 is 3.19. The fourth-order valence-electron chi connectivity index (χ4n) is 1.48. The number of aromatic nitrogens is 2. The molecule has 1 aliphatic heterocycles. The Morgan fingerprint density at radius 2 is 2.21 bits per heavy atom. The third-order valence-electron chi connectivity index (χ3n) is 2.11. The van der Waals surface area contributed by atoms with Crippen molar-refractivity contribution in [2.45, 2.75) is 0 Å². The summed E-state index contributed by atoms with van der Waals surface area (Å²) in [6, 6.07) is 8.06. The molecule has 14 heavy (non-hydrogen) atoms. The van der Waals surface area contributed by atoms with Gasteiger partial charge < -0.3 is 0 Å². The van der Waals surface area contributed by atoms with Crippen LogP contribution in [0.4, 0.5) is 0 Å². The van der Waals surface area contributed by atoms with E-state index in [1.165, 1.54) is 15.3 Å². The average molecular weight is 221 g/mol. The van der Waals surface area contributed by atoms with Gasteiger partial charge in [-0.25, -0.2) is 9.66 Å². The molecule has 0 unspecified atom stereocenters. The van der Waals surface area contributed by atoms with Gasteiger partial charge in [0.15, 0.2) is 5.82 Å². The molecule has 5 heteroatoms. The van der Waals surface area contributed by atoms with E-state index in [1.54, 1.807) is 11.8 Å². The van der Waals surface area contributed by atoms with E-state index < -0.39 is 0 Å². The molecule has 0 bridgehead atoms. The second-order valence-corrected chi connectivity index (χ2v) is 4.73. The Morgan fingerprint density at radius 1 is 1.36 bits per heavy atom. The maximum atomic E-state index is 4.54. The number of para-hydroxylation sites is 2. The number of nitrogens with zero attached hydrogens (tertiary/aromatic N) is 3. The number of benzene rings is 1. The van der Waals surface area contributed by atoms with Gasteiger partial charge in [0.25, 0.3) is 0 Å². The third-order valence-corrected chi connectivity index (χ3v) is 3.98. The molecule has 1 aromatic carbocycles. The fraction of sp³-hybridized carbons (Fsp3) is 0.111. The van der Waals surface area contributed by atoms with E-state index in [4.69, 9.17) is 0 Å². The summed E-state index contributed by atoms with van der Waals surface area (Å²) in [6.45, 7) is 0. The largest absolute Gasteiger partial charge is 0.225 e. The van der Waals surface area contributed by atoms with Crippen LogP contribution < -0.4 is 0 Å². The summed E-state index contributed by atoms with van der Waals surface area (Å²) in [4.78, 5) is 4.54. The number of hydrogen-bond donors (Lipinski definition) is 0. The van der Waals surface area contributed by atoms with E-state index in [9.17, 15) is 0 Å². The number of rotatable bonds is 0. The summed E-state index contributed by atoms with van der Waals surface area (Å²) in [6.07, 6.45) is 2.05. The Labute approximate surface area is 88.8 Å². The Kier molecular flexibility index (Phi) is 1.75. The Balaban J connectivity index is 2.36. The van der Waals surface area contributed by atoms with Crippen LogP contribution in [0.25, 0.3) is 11.0 Å². The number of fused-ring (bicyclic) bond motifs is 3. The van der Waals surface area contributed by atoms with Crippen molar-refractivity contribution < 1.29 is 0 Å². The highest BCUT2D eigenvalue weighted by molar-refractivity contribution is 8.21. The van der Waals surface area contributed by atoms with Crippen molar-refractivity contribution in [1.82, 2.24) is 9.66 Å². The van der Waals surface area contributed by atoms with Crippen molar-refractivity contribution in [3.05, 3.63) is 30.1 Å². The van der Waals surface area contributed by atoms with E-state index in [-0.39, 0.29) is 0 Å². The van der Waals surface area contributed by atoms with E-state index in [2.05, 4.69) is 9.46 Å². The molecule has 0 atom stereocenters. The van der Waals surface area contributed by atoms with Crippen LogP contribution in [0.5, 0.6) is 0 Å². The maximum Gasteiger partial charge on any atom is 0.181 e. The molecule has 0 aliphatic carbocycles. The summed E-state index contributed by atoms with van der Waals surface area (Å²) in [5.74, 6) is 0.976. The van der Waals surface area contributed by atoms with Crippen molar-refractivity contribution in [2.24, 2.45) is 4.47 Å². The molecule has 0 N–H and O–H groups in total. The SMILES string of the molecule is CSC1=S=Nn2c1nc1ccccc12. The van der Waals surface area contributed by atoms with Crippen molar-refractivity contribution >= 4 is 38.1 Å². The molecular weight excluding hydrogens is 214 g/mol. The van der Waals surface area contributed by atoms with Crippen LogP contribution in [-0.2, 0) is 11.1 Å². The number of imidazole rings is 1. The second kappa shape index (κ2) is 2.96. The molecule has 1 aliphatic rings. The molecule has 0 saturated carbocycles. The molecule has 0 radical (unpaired) electrons. The maximum absolute atomic E-state index is 4.54. The van der Waals surface area contributed by atoms with Crippen LogP contribution in [0.15, 0.2) is 28.7 Å².